The fourth-order valence-corrected chi connectivity index (χ4v) is 1.88. The molecule has 0 amide bonds. The van der Waals surface area contributed by atoms with E-state index >= 15 is 0 Å². The van der Waals surface area contributed by atoms with Crippen molar-refractivity contribution in [3.05, 3.63) is 35.6 Å². The summed E-state index contributed by atoms with van der Waals surface area (Å²) >= 11 is 6.04. The summed E-state index contributed by atoms with van der Waals surface area (Å²) < 4.78 is 7.28. The molecule has 96 valence electrons. The average molecular weight is 266 g/mol. The van der Waals surface area contributed by atoms with Crippen LogP contribution in [0.2, 0.25) is 5.02 Å². The Kier molecular flexibility index (Phi) is 4.10. The molecule has 0 aliphatic rings. The molecule has 1 heterocycles. The van der Waals surface area contributed by atoms with Crippen LogP contribution in [0, 0.1) is 0 Å². The van der Waals surface area contributed by atoms with Crippen molar-refractivity contribution in [2.24, 2.45) is 0 Å². The number of ether oxygens (including phenoxy) is 1. The molecule has 0 aliphatic carbocycles. The second-order valence-corrected chi connectivity index (χ2v) is 4.30. The SMILES string of the molecule is CCCNc1nccn1-c1cc(Cl)ccc1OC. The number of benzene rings is 1. The first-order chi connectivity index (χ1) is 8.76. The van der Waals surface area contributed by atoms with Crippen molar-refractivity contribution in [2.75, 3.05) is 19.0 Å². The lowest BCUT2D eigenvalue weighted by Crippen LogP contribution is -2.07. The third-order valence-electron chi connectivity index (χ3n) is 2.57. The molecular weight excluding hydrogens is 250 g/mol. The molecule has 0 atom stereocenters. The summed E-state index contributed by atoms with van der Waals surface area (Å²) in [6.45, 7) is 2.99. The number of anilines is 1. The standard InChI is InChI=1S/C13H16ClN3O/c1-3-6-15-13-16-7-8-17(13)11-9-10(14)4-5-12(11)18-2/h4-5,7-9H,3,6H2,1-2H3,(H,15,16). The van der Waals surface area contributed by atoms with Crippen molar-refractivity contribution in [1.82, 2.24) is 9.55 Å². The highest BCUT2D eigenvalue weighted by molar-refractivity contribution is 6.30. The van der Waals surface area contributed by atoms with Crippen LogP contribution in [0.25, 0.3) is 5.69 Å². The van der Waals surface area contributed by atoms with Crippen molar-refractivity contribution in [3.8, 4) is 11.4 Å². The van der Waals surface area contributed by atoms with Gasteiger partial charge in [0.1, 0.15) is 5.75 Å². The predicted molar refractivity (Wildman–Crippen MR) is 73.9 cm³/mol. The van der Waals surface area contributed by atoms with Gasteiger partial charge in [-0.3, -0.25) is 4.57 Å². The fourth-order valence-electron chi connectivity index (χ4n) is 1.72. The molecular formula is C13H16ClN3O. The molecule has 0 aliphatic heterocycles. The summed E-state index contributed by atoms with van der Waals surface area (Å²) in [4.78, 5) is 4.29. The van der Waals surface area contributed by atoms with Crippen LogP contribution in [0.15, 0.2) is 30.6 Å². The molecule has 2 aromatic rings. The normalized spacial score (nSPS) is 10.4. The first-order valence-corrected chi connectivity index (χ1v) is 6.25. The van der Waals surface area contributed by atoms with E-state index < -0.39 is 0 Å². The maximum Gasteiger partial charge on any atom is 0.207 e. The molecule has 0 fully saturated rings. The Balaban J connectivity index is 2.41. The van der Waals surface area contributed by atoms with Crippen LogP contribution in [0.5, 0.6) is 5.75 Å². The molecule has 0 saturated carbocycles. The quantitative estimate of drug-likeness (QED) is 0.901. The second-order valence-electron chi connectivity index (χ2n) is 3.86. The van der Waals surface area contributed by atoms with E-state index in [0.29, 0.717) is 5.02 Å². The van der Waals surface area contributed by atoms with Crippen molar-refractivity contribution < 1.29 is 4.74 Å². The van der Waals surface area contributed by atoms with Gasteiger partial charge >= 0.3 is 0 Å². The third-order valence-corrected chi connectivity index (χ3v) is 2.81. The molecule has 0 radical (unpaired) electrons. The molecule has 5 heteroatoms. The zero-order valence-corrected chi connectivity index (χ0v) is 11.2. The summed E-state index contributed by atoms with van der Waals surface area (Å²) in [5, 5.41) is 3.93. The summed E-state index contributed by atoms with van der Waals surface area (Å²) in [7, 11) is 1.64. The summed E-state index contributed by atoms with van der Waals surface area (Å²) in [6.07, 6.45) is 4.67. The van der Waals surface area contributed by atoms with E-state index in [1.54, 1.807) is 19.4 Å². The van der Waals surface area contributed by atoms with E-state index in [1.807, 2.05) is 22.9 Å². The third kappa shape index (κ3) is 2.59. The van der Waals surface area contributed by atoms with E-state index in [4.69, 9.17) is 16.3 Å². The highest BCUT2D eigenvalue weighted by Crippen LogP contribution is 2.28. The first-order valence-electron chi connectivity index (χ1n) is 5.87. The monoisotopic (exact) mass is 265 g/mol. The summed E-state index contributed by atoms with van der Waals surface area (Å²) in [5.74, 6) is 1.55. The van der Waals surface area contributed by atoms with Gasteiger partial charge in [-0.2, -0.15) is 0 Å². The van der Waals surface area contributed by atoms with Crippen molar-refractivity contribution >= 4 is 17.5 Å². The van der Waals surface area contributed by atoms with Gasteiger partial charge in [0.25, 0.3) is 0 Å². The van der Waals surface area contributed by atoms with Gasteiger partial charge < -0.3 is 10.1 Å². The van der Waals surface area contributed by atoms with Crippen LogP contribution in [0.4, 0.5) is 5.95 Å². The molecule has 0 saturated heterocycles. The van der Waals surface area contributed by atoms with Crippen LogP contribution < -0.4 is 10.1 Å². The Morgan fingerprint density at radius 3 is 3.00 bits per heavy atom. The maximum absolute atomic E-state index is 6.04. The van der Waals surface area contributed by atoms with Gasteiger partial charge in [-0.05, 0) is 24.6 Å². The largest absolute Gasteiger partial charge is 0.495 e. The van der Waals surface area contributed by atoms with Gasteiger partial charge in [-0.1, -0.05) is 18.5 Å². The highest BCUT2D eigenvalue weighted by atomic mass is 35.5. The molecule has 0 spiro atoms. The molecule has 0 bridgehead atoms. The number of halogens is 1. The van der Waals surface area contributed by atoms with E-state index in [0.717, 1.165) is 30.4 Å². The summed E-state index contributed by atoms with van der Waals surface area (Å²) in [6, 6.07) is 5.51. The second kappa shape index (κ2) is 5.78. The summed E-state index contributed by atoms with van der Waals surface area (Å²) in [5.41, 5.74) is 0.876. The smallest absolute Gasteiger partial charge is 0.207 e. The van der Waals surface area contributed by atoms with Crippen molar-refractivity contribution in [3.63, 3.8) is 0 Å². The van der Waals surface area contributed by atoms with Crippen LogP contribution in [0.1, 0.15) is 13.3 Å². The molecule has 1 aromatic carbocycles. The molecule has 0 unspecified atom stereocenters. The Bertz CT molecular complexity index is 525. The predicted octanol–water partition coefficient (Wildman–Crippen LogP) is 3.36. The topological polar surface area (TPSA) is 39.1 Å². The number of hydrogen-bond acceptors (Lipinski definition) is 3. The van der Waals surface area contributed by atoms with Gasteiger partial charge in [0.15, 0.2) is 0 Å². The van der Waals surface area contributed by atoms with E-state index in [9.17, 15) is 0 Å². The lowest BCUT2D eigenvalue weighted by atomic mass is 10.3. The minimum Gasteiger partial charge on any atom is -0.495 e. The number of rotatable bonds is 5. The number of aromatic nitrogens is 2. The van der Waals surface area contributed by atoms with Gasteiger partial charge in [0.05, 0.1) is 12.8 Å². The Labute approximate surface area is 112 Å². The minimum atomic E-state index is 0.668. The van der Waals surface area contributed by atoms with Crippen molar-refractivity contribution in [2.45, 2.75) is 13.3 Å². The zero-order valence-electron chi connectivity index (χ0n) is 10.5. The molecule has 1 N–H and O–H groups in total. The number of methoxy groups -OCH3 is 1. The minimum absolute atomic E-state index is 0.668. The lowest BCUT2D eigenvalue weighted by Gasteiger charge is -2.13. The van der Waals surface area contributed by atoms with Crippen LogP contribution in [-0.2, 0) is 0 Å². The Hall–Kier alpha value is -1.68. The van der Waals surface area contributed by atoms with E-state index in [1.165, 1.54) is 0 Å². The van der Waals surface area contributed by atoms with Crippen LogP contribution in [0.3, 0.4) is 0 Å². The lowest BCUT2D eigenvalue weighted by molar-refractivity contribution is 0.413. The molecule has 2 rings (SSSR count). The highest BCUT2D eigenvalue weighted by Gasteiger charge is 2.10. The Morgan fingerprint density at radius 2 is 2.28 bits per heavy atom. The molecule has 1 aromatic heterocycles. The van der Waals surface area contributed by atoms with Crippen molar-refractivity contribution in [1.29, 1.82) is 0 Å². The maximum atomic E-state index is 6.04. The van der Waals surface area contributed by atoms with Crippen LogP contribution >= 0.6 is 11.6 Å². The van der Waals surface area contributed by atoms with Gasteiger partial charge in [0, 0.05) is 24.0 Å². The number of hydrogen-bond donors (Lipinski definition) is 1. The first kappa shape index (κ1) is 12.8. The van der Waals surface area contributed by atoms with E-state index in [-0.39, 0.29) is 0 Å². The Morgan fingerprint density at radius 1 is 1.44 bits per heavy atom. The van der Waals surface area contributed by atoms with Gasteiger partial charge in [-0.15, -0.1) is 0 Å². The fraction of sp³-hybridized carbons (Fsp3) is 0.308. The number of imidazole rings is 1. The number of nitrogens with zero attached hydrogens (tertiary/aromatic N) is 2. The zero-order chi connectivity index (χ0) is 13.0. The van der Waals surface area contributed by atoms with E-state index in [2.05, 4.69) is 17.2 Å². The van der Waals surface area contributed by atoms with Gasteiger partial charge in [0.2, 0.25) is 5.95 Å². The molecule has 4 nitrogen and oxygen atoms in total. The molecule has 18 heavy (non-hydrogen) atoms. The van der Waals surface area contributed by atoms with Crippen LogP contribution in [-0.4, -0.2) is 23.2 Å². The number of nitrogens with one attached hydrogen (secondary N) is 1. The van der Waals surface area contributed by atoms with Gasteiger partial charge in [-0.25, -0.2) is 4.98 Å². The average Bonchev–Trinajstić information content (AvgIpc) is 2.84.